The number of nitrogen functional groups attached to an aromatic ring is 1. The first-order chi connectivity index (χ1) is 9.85. The Hall–Kier alpha value is -2.24. The molecule has 0 aliphatic heterocycles. The standard InChI is InChI=1S/C15H22N2O4/c1-9(2)10(3)17-14(18)8-21-15(19)11-5-6-12(16)13(7-11)20-4/h5-7,9-10H,8,16H2,1-4H3,(H,17,18). The second kappa shape index (κ2) is 7.52. The highest BCUT2D eigenvalue weighted by atomic mass is 16.5. The van der Waals surface area contributed by atoms with Crippen molar-refractivity contribution in [1.82, 2.24) is 5.32 Å². The molecule has 1 amide bonds. The topological polar surface area (TPSA) is 90.6 Å². The summed E-state index contributed by atoms with van der Waals surface area (Å²) in [7, 11) is 1.46. The summed E-state index contributed by atoms with van der Waals surface area (Å²) >= 11 is 0. The first kappa shape index (κ1) is 16.8. The van der Waals surface area contributed by atoms with Crippen LogP contribution < -0.4 is 15.8 Å². The van der Waals surface area contributed by atoms with Gasteiger partial charge >= 0.3 is 5.97 Å². The number of carbonyl (C=O) groups excluding carboxylic acids is 2. The van der Waals surface area contributed by atoms with Gasteiger partial charge in [0.1, 0.15) is 5.75 Å². The summed E-state index contributed by atoms with van der Waals surface area (Å²) in [4.78, 5) is 23.5. The molecule has 6 nitrogen and oxygen atoms in total. The Morgan fingerprint density at radius 1 is 1.29 bits per heavy atom. The molecule has 1 atom stereocenters. The molecule has 1 aromatic rings. The first-order valence-electron chi connectivity index (χ1n) is 6.75. The monoisotopic (exact) mass is 294 g/mol. The molecule has 6 heteroatoms. The molecule has 0 aromatic heterocycles. The van der Waals surface area contributed by atoms with Crippen LogP contribution in [0.2, 0.25) is 0 Å². The summed E-state index contributed by atoms with van der Waals surface area (Å²) in [6.07, 6.45) is 0. The van der Waals surface area contributed by atoms with E-state index in [1.165, 1.54) is 19.2 Å². The predicted molar refractivity (Wildman–Crippen MR) is 80.1 cm³/mol. The molecule has 1 aromatic carbocycles. The van der Waals surface area contributed by atoms with Gasteiger partial charge in [-0.05, 0) is 31.0 Å². The van der Waals surface area contributed by atoms with Gasteiger partial charge in [-0.3, -0.25) is 4.79 Å². The highest BCUT2D eigenvalue weighted by Gasteiger charge is 2.14. The van der Waals surface area contributed by atoms with Crippen molar-refractivity contribution < 1.29 is 19.1 Å². The molecule has 0 aliphatic carbocycles. The van der Waals surface area contributed by atoms with Gasteiger partial charge in [-0.1, -0.05) is 13.8 Å². The van der Waals surface area contributed by atoms with Gasteiger partial charge in [0, 0.05) is 6.04 Å². The van der Waals surface area contributed by atoms with E-state index in [2.05, 4.69) is 5.32 Å². The van der Waals surface area contributed by atoms with E-state index in [1.807, 2.05) is 20.8 Å². The summed E-state index contributed by atoms with van der Waals surface area (Å²) in [5, 5.41) is 2.76. The highest BCUT2D eigenvalue weighted by molar-refractivity contribution is 5.92. The molecule has 3 N–H and O–H groups in total. The molecule has 0 fully saturated rings. The van der Waals surface area contributed by atoms with Crippen molar-refractivity contribution in [3.8, 4) is 5.75 Å². The van der Waals surface area contributed by atoms with Gasteiger partial charge in [0.05, 0.1) is 18.4 Å². The number of rotatable bonds is 6. The fraction of sp³-hybridized carbons (Fsp3) is 0.467. The van der Waals surface area contributed by atoms with Crippen molar-refractivity contribution in [2.24, 2.45) is 5.92 Å². The molecular weight excluding hydrogens is 272 g/mol. The molecule has 0 radical (unpaired) electrons. The van der Waals surface area contributed by atoms with Crippen molar-refractivity contribution in [3.63, 3.8) is 0 Å². The van der Waals surface area contributed by atoms with Gasteiger partial charge in [0.2, 0.25) is 0 Å². The third-order valence-electron chi connectivity index (χ3n) is 3.19. The molecule has 0 saturated heterocycles. The van der Waals surface area contributed by atoms with E-state index in [1.54, 1.807) is 6.07 Å². The van der Waals surface area contributed by atoms with Crippen molar-refractivity contribution in [1.29, 1.82) is 0 Å². The number of methoxy groups -OCH3 is 1. The maximum Gasteiger partial charge on any atom is 0.338 e. The lowest BCUT2D eigenvalue weighted by Gasteiger charge is -2.17. The van der Waals surface area contributed by atoms with Crippen LogP contribution in [0.15, 0.2) is 18.2 Å². The smallest absolute Gasteiger partial charge is 0.338 e. The minimum absolute atomic E-state index is 0.0211. The number of hydrogen-bond donors (Lipinski definition) is 2. The number of ether oxygens (including phenoxy) is 2. The summed E-state index contributed by atoms with van der Waals surface area (Å²) in [5.74, 6) is -0.221. The zero-order valence-electron chi connectivity index (χ0n) is 12.8. The normalized spacial score (nSPS) is 11.9. The van der Waals surface area contributed by atoms with Crippen LogP contribution in [0.4, 0.5) is 5.69 Å². The number of esters is 1. The molecule has 0 heterocycles. The second-order valence-electron chi connectivity index (χ2n) is 5.13. The van der Waals surface area contributed by atoms with E-state index in [-0.39, 0.29) is 24.1 Å². The maximum atomic E-state index is 11.8. The maximum absolute atomic E-state index is 11.8. The van der Waals surface area contributed by atoms with Gasteiger partial charge in [-0.25, -0.2) is 4.79 Å². The molecular formula is C15H22N2O4. The molecule has 21 heavy (non-hydrogen) atoms. The average Bonchev–Trinajstić information content (AvgIpc) is 2.45. The number of carbonyl (C=O) groups is 2. The summed E-state index contributed by atoms with van der Waals surface area (Å²) in [6, 6.07) is 4.57. The number of hydrogen-bond acceptors (Lipinski definition) is 5. The Morgan fingerprint density at radius 2 is 1.95 bits per heavy atom. The minimum Gasteiger partial charge on any atom is -0.495 e. The lowest BCUT2D eigenvalue weighted by molar-refractivity contribution is -0.125. The first-order valence-corrected chi connectivity index (χ1v) is 6.75. The predicted octanol–water partition coefficient (Wildman–Crippen LogP) is 1.59. The van der Waals surface area contributed by atoms with Crippen molar-refractivity contribution in [2.45, 2.75) is 26.8 Å². The van der Waals surface area contributed by atoms with Crippen LogP contribution in [-0.4, -0.2) is 31.6 Å². The third kappa shape index (κ3) is 4.98. The molecule has 0 bridgehead atoms. The van der Waals surface area contributed by atoms with E-state index in [4.69, 9.17) is 15.2 Å². The largest absolute Gasteiger partial charge is 0.495 e. The fourth-order valence-corrected chi connectivity index (χ4v) is 1.51. The number of nitrogens with one attached hydrogen (secondary N) is 1. The van der Waals surface area contributed by atoms with Crippen molar-refractivity contribution in [2.75, 3.05) is 19.5 Å². The number of benzene rings is 1. The van der Waals surface area contributed by atoms with Gasteiger partial charge in [0.15, 0.2) is 6.61 Å². The van der Waals surface area contributed by atoms with Gasteiger partial charge < -0.3 is 20.5 Å². The van der Waals surface area contributed by atoms with E-state index in [0.29, 0.717) is 17.4 Å². The zero-order chi connectivity index (χ0) is 16.0. The number of nitrogens with two attached hydrogens (primary N) is 1. The van der Waals surface area contributed by atoms with Gasteiger partial charge in [-0.2, -0.15) is 0 Å². The van der Waals surface area contributed by atoms with Crippen LogP contribution in [0.1, 0.15) is 31.1 Å². The minimum atomic E-state index is -0.597. The SMILES string of the molecule is COc1cc(C(=O)OCC(=O)NC(C)C(C)C)ccc1N. The molecule has 0 saturated carbocycles. The van der Waals surface area contributed by atoms with Crippen LogP contribution in [0.5, 0.6) is 5.75 Å². The van der Waals surface area contributed by atoms with Crippen molar-refractivity contribution in [3.05, 3.63) is 23.8 Å². The molecule has 0 aliphatic rings. The van der Waals surface area contributed by atoms with Crippen LogP contribution in [0.3, 0.4) is 0 Å². The van der Waals surface area contributed by atoms with Crippen molar-refractivity contribution >= 4 is 17.6 Å². The van der Waals surface area contributed by atoms with Gasteiger partial charge in [-0.15, -0.1) is 0 Å². The molecule has 116 valence electrons. The van der Waals surface area contributed by atoms with Crippen LogP contribution in [0.25, 0.3) is 0 Å². The Bertz CT molecular complexity index is 514. The van der Waals surface area contributed by atoms with E-state index in [9.17, 15) is 9.59 Å². The fourth-order valence-electron chi connectivity index (χ4n) is 1.51. The summed E-state index contributed by atoms with van der Waals surface area (Å²) < 4.78 is 9.99. The lowest BCUT2D eigenvalue weighted by Crippen LogP contribution is -2.38. The Kier molecular flexibility index (Phi) is 6.02. The molecule has 0 spiro atoms. The van der Waals surface area contributed by atoms with Gasteiger partial charge in [0.25, 0.3) is 5.91 Å². The van der Waals surface area contributed by atoms with E-state index >= 15 is 0 Å². The summed E-state index contributed by atoms with van der Waals surface area (Å²) in [6.45, 7) is 5.58. The highest BCUT2D eigenvalue weighted by Crippen LogP contribution is 2.22. The van der Waals surface area contributed by atoms with E-state index in [0.717, 1.165) is 0 Å². The molecule has 1 unspecified atom stereocenters. The van der Waals surface area contributed by atoms with Crippen LogP contribution in [-0.2, 0) is 9.53 Å². The zero-order valence-corrected chi connectivity index (χ0v) is 12.8. The van der Waals surface area contributed by atoms with Crippen LogP contribution >= 0.6 is 0 Å². The Balaban J connectivity index is 2.56. The third-order valence-corrected chi connectivity index (χ3v) is 3.19. The number of anilines is 1. The average molecular weight is 294 g/mol. The summed E-state index contributed by atoms with van der Waals surface area (Å²) in [5.41, 5.74) is 6.38. The quantitative estimate of drug-likeness (QED) is 0.614. The molecule has 1 rings (SSSR count). The number of amides is 1. The Labute approximate surface area is 124 Å². The Morgan fingerprint density at radius 3 is 2.52 bits per heavy atom. The lowest BCUT2D eigenvalue weighted by atomic mass is 10.1. The van der Waals surface area contributed by atoms with E-state index < -0.39 is 5.97 Å². The second-order valence-corrected chi connectivity index (χ2v) is 5.13. The van der Waals surface area contributed by atoms with Crippen LogP contribution in [0, 0.1) is 5.92 Å².